The molecule has 35 heavy (non-hydrogen) atoms. The van der Waals surface area contributed by atoms with Crippen molar-refractivity contribution in [2.75, 3.05) is 17.7 Å². The highest BCUT2D eigenvalue weighted by Gasteiger charge is 2.19. The Bertz CT molecular complexity index is 1190. The minimum absolute atomic E-state index is 0.0978. The molecule has 2 N–H and O–H groups in total. The predicted octanol–water partition coefficient (Wildman–Crippen LogP) is 3.91. The number of anilines is 1. The van der Waals surface area contributed by atoms with Gasteiger partial charge in [0.2, 0.25) is 5.91 Å². The van der Waals surface area contributed by atoms with E-state index in [4.69, 9.17) is 4.74 Å². The van der Waals surface area contributed by atoms with Crippen molar-refractivity contribution in [2.45, 2.75) is 38.4 Å². The van der Waals surface area contributed by atoms with Gasteiger partial charge < -0.3 is 19.9 Å². The van der Waals surface area contributed by atoms with Gasteiger partial charge in [0.15, 0.2) is 11.0 Å². The number of hydrogen-bond donors (Lipinski definition) is 2. The Morgan fingerprint density at radius 3 is 2.54 bits per heavy atom. The van der Waals surface area contributed by atoms with Crippen molar-refractivity contribution in [3.63, 3.8) is 0 Å². The van der Waals surface area contributed by atoms with Gasteiger partial charge in [0.25, 0.3) is 5.91 Å². The molecule has 0 unspecified atom stereocenters. The molecule has 0 saturated heterocycles. The highest BCUT2D eigenvalue weighted by Crippen LogP contribution is 2.20. The van der Waals surface area contributed by atoms with Gasteiger partial charge in [-0.15, -0.1) is 10.2 Å². The number of aromatic nitrogens is 3. The average molecular weight is 496 g/mol. The number of carbonyl (C=O) groups excluding carboxylic acids is 3. The van der Waals surface area contributed by atoms with E-state index >= 15 is 0 Å². The number of thioether (sulfide) groups is 1. The van der Waals surface area contributed by atoms with E-state index in [1.54, 1.807) is 48.0 Å². The van der Waals surface area contributed by atoms with Crippen LogP contribution in [0, 0.1) is 6.92 Å². The molecule has 3 rings (SSSR count). The van der Waals surface area contributed by atoms with Crippen LogP contribution in [-0.2, 0) is 16.6 Å². The average Bonchev–Trinajstić information content (AvgIpc) is 3.22. The zero-order chi connectivity index (χ0) is 25.4. The monoisotopic (exact) mass is 495 g/mol. The Kier molecular flexibility index (Phi) is 9.02. The number of esters is 1. The molecule has 0 fully saturated rings. The largest absolute Gasteiger partial charge is 0.462 e. The maximum absolute atomic E-state index is 12.5. The van der Waals surface area contributed by atoms with Gasteiger partial charge in [-0.3, -0.25) is 9.59 Å². The fraction of sp³-hybridized carbons (Fsp3) is 0.320. The van der Waals surface area contributed by atoms with Crippen molar-refractivity contribution in [3.8, 4) is 0 Å². The zero-order valence-electron chi connectivity index (χ0n) is 20.2. The lowest BCUT2D eigenvalue weighted by molar-refractivity contribution is -0.113. The van der Waals surface area contributed by atoms with Crippen LogP contribution in [0.2, 0.25) is 0 Å². The van der Waals surface area contributed by atoms with E-state index in [9.17, 15) is 14.4 Å². The summed E-state index contributed by atoms with van der Waals surface area (Å²) in [5.74, 6) is -0.200. The third-order valence-corrected chi connectivity index (χ3v) is 6.09. The summed E-state index contributed by atoms with van der Waals surface area (Å²) in [6.07, 6.45) is 0.737. The molecule has 0 saturated carbocycles. The molecule has 0 aliphatic rings. The van der Waals surface area contributed by atoms with Gasteiger partial charge in [0.05, 0.1) is 24.0 Å². The molecule has 2 amide bonds. The van der Waals surface area contributed by atoms with Crippen LogP contribution in [0.4, 0.5) is 5.69 Å². The van der Waals surface area contributed by atoms with Gasteiger partial charge in [0, 0.05) is 18.3 Å². The Hall–Kier alpha value is -3.66. The van der Waals surface area contributed by atoms with E-state index in [0.717, 1.165) is 12.0 Å². The van der Waals surface area contributed by atoms with Gasteiger partial charge in [-0.1, -0.05) is 42.4 Å². The van der Waals surface area contributed by atoms with Crippen molar-refractivity contribution in [1.82, 2.24) is 20.1 Å². The summed E-state index contributed by atoms with van der Waals surface area (Å²) >= 11 is 1.22. The van der Waals surface area contributed by atoms with Crippen LogP contribution in [0.25, 0.3) is 0 Å². The van der Waals surface area contributed by atoms with E-state index in [2.05, 4.69) is 20.8 Å². The Morgan fingerprint density at radius 2 is 1.83 bits per heavy atom. The van der Waals surface area contributed by atoms with E-state index in [0.29, 0.717) is 34.4 Å². The maximum atomic E-state index is 12.5. The molecule has 0 radical (unpaired) electrons. The molecule has 0 aliphatic heterocycles. The summed E-state index contributed by atoms with van der Waals surface area (Å²) in [7, 11) is 1.79. The van der Waals surface area contributed by atoms with Crippen molar-refractivity contribution in [2.24, 2.45) is 7.05 Å². The molecule has 184 valence electrons. The molecule has 0 bridgehead atoms. The quantitative estimate of drug-likeness (QED) is 0.324. The summed E-state index contributed by atoms with van der Waals surface area (Å²) in [5, 5.41) is 14.6. The van der Waals surface area contributed by atoms with Crippen LogP contribution < -0.4 is 10.6 Å². The van der Waals surface area contributed by atoms with Gasteiger partial charge in [0.1, 0.15) is 0 Å². The Morgan fingerprint density at radius 1 is 1.09 bits per heavy atom. The van der Waals surface area contributed by atoms with Crippen molar-refractivity contribution < 1.29 is 19.1 Å². The number of amides is 2. The van der Waals surface area contributed by atoms with Gasteiger partial charge in [-0.25, -0.2) is 4.79 Å². The van der Waals surface area contributed by atoms with Crippen LogP contribution in [0.15, 0.2) is 53.7 Å². The van der Waals surface area contributed by atoms with E-state index < -0.39 is 5.97 Å². The van der Waals surface area contributed by atoms with E-state index in [1.807, 2.05) is 32.9 Å². The standard InChI is InChI=1S/C25H29N5O4S/c1-5-13-34-24(33)19-7-6-8-20(14-19)27-21(31)15-35-25-29-28-22(30(25)4)17(3)26-23(32)18-11-9-16(2)10-12-18/h6-12,14,17H,5,13,15H2,1-4H3,(H,26,32)(H,27,31)/t17-/m1/s1. The lowest BCUT2D eigenvalue weighted by atomic mass is 10.1. The van der Waals surface area contributed by atoms with Crippen molar-refractivity contribution >= 4 is 35.2 Å². The van der Waals surface area contributed by atoms with Gasteiger partial charge in [-0.2, -0.15) is 0 Å². The second-order valence-electron chi connectivity index (χ2n) is 8.01. The molecule has 0 spiro atoms. The number of hydrogen-bond acceptors (Lipinski definition) is 7. The second kappa shape index (κ2) is 12.2. The van der Waals surface area contributed by atoms with Crippen LogP contribution in [0.1, 0.15) is 58.4 Å². The number of ether oxygens (including phenoxy) is 1. The molecular formula is C25H29N5O4S. The molecule has 2 aromatic carbocycles. The van der Waals surface area contributed by atoms with Crippen LogP contribution >= 0.6 is 11.8 Å². The fourth-order valence-corrected chi connectivity index (χ4v) is 3.93. The summed E-state index contributed by atoms with van der Waals surface area (Å²) in [6, 6.07) is 13.6. The Balaban J connectivity index is 1.55. The number of nitrogens with one attached hydrogen (secondary N) is 2. The van der Waals surface area contributed by atoms with Crippen molar-refractivity contribution in [3.05, 3.63) is 71.0 Å². The highest BCUT2D eigenvalue weighted by atomic mass is 32.2. The summed E-state index contributed by atoms with van der Waals surface area (Å²) in [5.41, 5.74) is 2.53. The first-order chi connectivity index (χ1) is 16.8. The minimum Gasteiger partial charge on any atom is -0.462 e. The molecular weight excluding hydrogens is 466 g/mol. The summed E-state index contributed by atoms with van der Waals surface area (Å²) in [6.45, 7) is 6.06. The predicted molar refractivity (Wildman–Crippen MR) is 134 cm³/mol. The first-order valence-corrected chi connectivity index (χ1v) is 12.2. The molecule has 9 nitrogen and oxygen atoms in total. The lowest BCUT2D eigenvalue weighted by Gasteiger charge is -2.14. The fourth-order valence-electron chi connectivity index (χ4n) is 3.21. The van der Waals surface area contributed by atoms with Crippen molar-refractivity contribution in [1.29, 1.82) is 0 Å². The summed E-state index contributed by atoms with van der Waals surface area (Å²) < 4.78 is 6.88. The SMILES string of the molecule is CCCOC(=O)c1cccc(NC(=O)CSc2nnc([C@@H](C)NC(=O)c3ccc(C)cc3)n2C)c1. The topological polar surface area (TPSA) is 115 Å². The Labute approximate surface area is 208 Å². The van der Waals surface area contributed by atoms with Crippen LogP contribution in [0.3, 0.4) is 0 Å². The zero-order valence-corrected chi connectivity index (χ0v) is 21.0. The maximum Gasteiger partial charge on any atom is 0.338 e. The lowest BCUT2D eigenvalue weighted by Crippen LogP contribution is -2.28. The molecule has 1 atom stereocenters. The number of benzene rings is 2. The number of carbonyl (C=O) groups is 3. The first-order valence-electron chi connectivity index (χ1n) is 11.2. The number of rotatable bonds is 10. The third kappa shape index (κ3) is 7.16. The molecule has 1 aromatic heterocycles. The van der Waals surface area contributed by atoms with E-state index in [1.165, 1.54) is 11.8 Å². The third-order valence-electron chi connectivity index (χ3n) is 5.07. The van der Waals surface area contributed by atoms with Crippen LogP contribution in [0.5, 0.6) is 0 Å². The highest BCUT2D eigenvalue weighted by molar-refractivity contribution is 7.99. The molecule has 3 aromatic rings. The second-order valence-corrected chi connectivity index (χ2v) is 8.96. The van der Waals surface area contributed by atoms with E-state index in [-0.39, 0.29) is 23.6 Å². The molecule has 1 heterocycles. The van der Waals surface area contributed by atoms with Gasteiger partial charge >= 0.3 is 5.97 Å². The number of nitrogens with zero attached hydrogens (tertiary/aromatic N) is 3. The molecule has 0 aliphatic carbocycles. The normalized spacial score (nSPS) is 11.5. The van der Waals surface area contributed by atoms with Crippen LogP contribution in [-0.4, -0.2) is 44.9 Å². The smallest absolute Gasteiger partial charge is 0.338 e. The minimum atomic E-state index is -0.424. The number of aryl methyl sites for hydroxylation is 1. The van der Waals surface area contributed by atoms with Gasteiger partial charge in [-0.05, 0) is 50.6 Å². The molecule has 10 heteroatoms. The first kappa shape index (κ1) is 26.0. The summed E-state index contributed by atoms with van der Waals surface area (Å²) in [4.78, 5) is 37.0.